The van der Waals surface area contributed by atoms with E-state index >= 15 is 0 Å². The number of sulfonamides is 2. The number of anilines is 2. The molecule has 4 N–H and O–H groups in total. The Morgan fingerprint density at radius 1 is 0.426 bits per heavy atom. The monoisotopic (exact) mass is 1910 g/mol. The highest BCUT2D eigenvalue weighted by atomic mass is 32.2. The molecular weight excluding hydrogens is 1750 g/mol. The first-order valence-electron chi connectivity index (χ1n) is 50.5. The lowest BCUT2D eigenvalue weighted by molar-refractivity contribution is -0.118. The molecule has 0 bridgehead atoms. The molecule has 4 heterocycles. The lowest BCUT2D eigenvalue weighted by Crippen LogP contribution is -2.47. The molecule has 2 aromatic heterocycles. The van der Waals surface area contributed by atoms with E-state index in [9.17, 15) is 46.2 Å². The Labute approximate surface area is 811 Å². The van der Waals surface area contributed by atoms with Gasteiger partial charge >= 0.3 is 11.9 Å². The molecule has 0 saturated carbocycles. The molecule has 0 fully saturated rings. The maximum absolute atomic E-state index is 15.0. The fourth-order valence-corrected chi connectivity index (χ4v) is 21.3. The number of aryl methyl sites for hydroxylation is 1. The number of para-hydroxylation sites is 6. The molecule has 0 radical (unpaired) electrons. The highest BCUT2D eigenvalue weighted by Gasteiger charge is 2.44. The lowest BCUT2D eigenvalue weighted by atomic mass is 9.76. The molecule has 5 atom stereocenters. The van der Waals surface area contributed by atoms with Gasteiger partial charge in [-0.05, 0) is 158 Å². The third-order valence-electron chi connectivity index (χ3n) is 25.2. The fourth-order valence-electron chi connectivity index (χ4n) is 18.1. The van der Waals surface area contributed by atoms with Gasteiger partial charge in [-0.1, -0.05) is 323 Å². The maximum atomic E-state index is 15.0. The van der Waals surface area contributed by atoms with Crippen LogP contribution in [0.5, 0.6) is 34.5 Å². The molecule has 0 aliphatic carbocycles. The Bertz CT molecular complexity index is 5290. The van der Waals surface area contributed by atoms with Crippen molar-refractivity contribution in [3.63, 3.8) is 0 Å². The summed E-state index contributed by atoms with van der Waals surface area (Å²) in [4.78, 5) is 63.5. The number of aromatic carboxylic acids is 2. The van der Waals surface area contributed by atoms with Gasteiger partial charge in [-0.25, -0.2) is 36.4 Å². The Kier molecular flexibility index (Phi) is 45.2. The van der Waals surface area contributed by atoms with Gasteiger partial charge in [0.1, 0.15) is 27.0 Å². The summed E-state index contributed by atoms with van der Waals surface area (Å²) in [6.45, 7) is 26.2. The fraction of sp³-hybridized carbons (Fsp3) is 0.560. The average Bonchev–Trinajstić information content (AvgIpc) is 1.02. The minimum atomic E-state index is -4.19. The van der Waals surface area contributed by atoms with E-state index in [0.717, 1.165) is 105 Å². The molecule has 136 heavy (non-hydrogen) atoms. The number of aromatic nitrogens is 4. The first kappa shape index (κ1) is 109. The van der Waals surface area contributed by atoms with Crippen molar-refractivity contribution >= 4 is 78.2 Å². The highest BCUT2D eigenvalue weighted by Crippen LogP contribution is 2.43. The van der Waals surface area contributed by atoms with Crippen LogP contribution in [0.4, 0.5) is 22.7 Å². The van der Waals surface area contributed by atoms with Crippen LogP contribution < -0.4 is 34.3 Å². The van der Waals surface area contributed by atoms with Crippen LogP contribution in [0.2, 0.25) is 0 Å². The normalized spacial score (nSPS) is 14.4. The van der Waals surface area contributed by atoms with Crippen LogP contribution in [0.3, 0.4) is 0 Å². The predicted molar refractivity (Wildman–Crippen MR) is 545 cm³/mol. The second-order valence-corrected chi connectivity index (χ2v) is 43.1. The van der Waals surface area contributed by atoms with Gasteiger partial charge < -0.3 is 44.5 Å². The van der Waals surface area contributed by atoms with Crippen molar-refractivity contribution in [2.45, 2.75) is 336 Å². The van der Waals surface area contributed by atoms with Gasteiger partial charge in [0.05, 0.1) is 73.2 Å². The molecule has 6 aromatic carbocycles. The minimum Gasteiger partial charge on any atom is -0.497 e. The summed E-state index contributed by atoms with van der Waals surface area (Å²) in [7, 11) is -6.74. The number of amidine groups is 2. The van der Waals surface area contributed by atoms with Crippen LogP contribution in [-0.4, -0.2) is 131 Å². The minimum absolute atomic E-state index is 0.0378. The number of carboxylic acids is 2. The van der Waals surface area contributed by atoms with Crippen molar-refractivity contribution in [2.24, 2.45) is 38.6 Å². The SMILES string of the molecule is CCCCCCCCCCCCCCCCCCN1C(C(C(=O)Nc2cc(C)ccc2OCCCOc2ccc(OC)cc2)n2cc(C(=O)O)cn2)=Nc2ccccc2S1(=O)=O.CCCCCCCCCCCCCCCCCCN1C(C(C(=O)Nc2ccccc2Oc2ccccc2OCC(CCC(C)CC(C)(C)C)C(C)CC(C)(C)C)n2cc(C(=O)O)cn2)=Nc2ccccc2S1(=O)=O. The number of unbranched alkanes of at least 4 members (excludes halogenated alkanes) is 30. The number of fused-ring (bicyclic) bond motifs is 2. The van der Waals surface area contributed by atoms with Crippen LogP contribution in [-0.2, 0) is 29.6 Å². The number of carbonyl (C=O) groups is 4. The van der Waals surface area contributed by atoms with Crippen LogP contribution >= 0.6 is 0 Å². The maximum Gasteiger partial charge on any atom is 0.338 e. The van der Waals surface area contributed by atoms with Crippen molar-refractivity contribution in [2.75, 3.05) is 50.7 Å². The topological polar surface area (TPSA) is 314 Å². The van der Waals surface area contributed by atoms with Gasteiger partial charge in [0, 0.05) is 31.9 Å². The number of nitrogens with one attached hydrogen (secondary N) is 2. The zero-order chi connectivity index (χ0) is 97.9. The van der Waals surface area contributed by atoms with Crippen molar-refractivity contribution in [1.29, 1.82) is 0 Å². The molecule has 25 nitrogen and oxygen atoms in total. The summed E-state index contributed by atoms with van der Waals surface area (Å²) in [5.41, 5.74) is 1.98. The number of aliphatic imine (C=N–C) groups is 2. The lowest BCUT2D eigenvalue weighted by Gasteiger charge is -2.33. The number of methoxy groups -OCH3 is 1. The highest BCUT2D eigenvalue weighted by molar-refractivity contribution is 7.90. The van der Waals surface area contributed by atoms with E-state index < -0.39 is 55.9 Å². The molecule has 744 valence electrons. The largest absolute Gasteiger partial charge is 0.497 e. The van der Waals surface area contributed by atoms with Crippen molar-refractivity contribution in [1.82, 2.24) is 28.2 Å². The van der Waals surface area contributed by atoms with E-state index in [2.05, 4.69) is 90.1 Å². The number of carboxylic acid groups (broad SMARTS) is 2. The summed E-state index contributed by atoms with van der Waals surface area (Å²) in [6.07, 6.45) is 47.5. The van der Waals surface area contributed by atoms with Gasteiger partial charge in [-0.15, -0.1) is 0 Å². The molecule has 5 unspecified atom stereocenters. The molecule has 8 aromatic rings. The third kappa shape index (κ3) is 35.5. The summed E-state index contributed by atoms with van der Waals surface area (Å²) < 4.78 is 93.1. The van der Waals surface area contributed by atoms with E-state index in [0.29, 0.717) is 90.4 Å². The van der Waals surface area contributed by atoms with E-state index in [4.69, 9.17) is 33.7 Å². The van der Waals surface area contributed by atoms with Gasteiger partial charge in [-0.3, -0.25) is 27.6 Å². The van der Waals surface area contributed by atoms with Gasteiger partial charge in [0.15, 0.2) is 41.0 Å². The third-order valence-corrected chi connectivity index (χ3v) is 28.9. The Morgan fingerprint density at radius 3 is 1.26 bits per heavy atom. The van der Waals surface area contributed by atoms with Crippen molar-refractivity contribution < 1.29 is 69.9 Å². The average molecular weight is 1910 g/mol. The Morgan fingerprint density at radius 2 is 0.824 bits per heavy atom. The summed E-state index contributed by atoms with van der Waals surface area (Å²) in [6, 6.07) is 37.1. The summed E-state index contributed by atoms with van der Waals surface area (Å²) in [5, 5.41) is 34.3. The number of hydrogen-bond donors (Lipinski definition) is 4. The van der Waals surface area contributed by atoms with Crippen LogP contribution in [0.1, 0.15) is 345 Å². The number of benzene rings is 6. The molecule has 0 spiro atoms. The van der Waals surface area contributed by atoms with Crippen LogP contribution in [0.15, 0.2) is 184 Å². The standard InChI is InChI=1S/C61H91N5O7S.C48H65N5O8S/c1-10-11-12-13-14-15-16-17-18-19-20-21-22-23-24-31-40-66-57(63-51-33-26-30-37-55(51)74(66,70)71)56(65-44-49(43-62-65)59(68)69)58(67)64-50-32-25-27-34-52(50)73-54-36-29-28-35-53(54)72-45-48(47(3)42-61(7,8)9)39-38-46(2)41-60(4,5)6;1-4-5-6-7-8-9-10-11-12-13-14-15-16-17-18-21-31-53-46(50-41-23-19-20-24-44(41)62(53,57)58)45(52-36-38(35-49-52)48(55)56)47(54)51-42-34-37(2)25-30-43(42)61-33-22-32-60-40-28-26-39(59-3)27-29-40/h25-30,32-37,43-44,46-48,56H,10-24,31,38-42,45H2,1-9H3,(H,64,67)(H,68,69);19-20,23-30,34-36,45H,4-18,21-22,31-33H2,1-3H3,(H,51,54)(H,55,56). The van der Waals surface area contributed by atoms with Crippen molar-refractivity contribution in [3.8, 4) is 34.5 Å². The van der Waals surface area contributed by atoms with Crippen LogP contribution in [0, 0.1) is 35.5 Å². The van der Waals surface area contributed by atoms with E-state index in [1.54, 1.807) is 79.9 Å². The first-order chi connectivity index (χ1) is 65.4. The molecule has 2 amide bonds. The molecule has 0 saturated heterocycles. The van der Waals surface area contributed by atoms with Gasteiger partial charge in [0.25, 0.3) is 31.9 Å². The number of nitrogens with zero attached hydrogens (tertiary/aromatic N) is 8. The molecule has 2 aliphatic heterocycles. The second kappa shape index (κ2) is 56.4. The second-order valence-electron chi connectivity index (χ2n) is 39.5. The van der Waals surface area contributed by atoms with E-state index in [1.807, 2.05) is 61.5 Å². The predicted octanol–water partition coefficient (Wildman–Crippen LogP) is 27.4. The Hall–Kier alpha value is -10.5. The number of hydrogen-bond acceptors (Lipinski definition) is 17. The quantitative estimate of drug-likeness (QED) is 0.0257. The van der Waals surface area contributed by atoms with Gasteiger partial charge in [0.2, 0.25) is 0 Å². The number of carbonyl (C=O) groups excluding carboxylic acids is 2. The van der Waals surface area contributed by atoms with Gasteiger partial charge in [-0.2, -0.15) is 10.2 Å². The summed E-state index contributed by atoms with van der Waals surface area (Å²) >= 11 is 0. The molecule has 10 rings (SSSR count). The van der Waals surface area contributed by atoms with E-state index in [1.165, 1.54) is 179 Å². The Balaban J connectivity index is 0.000000310. The molecule has 27 heteroatoms. The molecule has 2 aliphatic rings. The zero-order valence-corrected chi connectivity index (χ0v) is 84.9. The van der Waals surface area contributed by atoms with Crippen molar-refractivity contribution in [3.05, 3.63) is 181 Å². The number of rotatable bonds is 62. The number of ether oxygens (including phenoxy) is 5. The number of amides is 2. The first-order valence-corrected chi connectivity index (χ1v) is 53.3. The smallest absolute Gasteiger partial charge is 0.338 e. The summed E-state index contributed by atoms with van der Waals surface area (Å²) in [5.74, 6) is 0.529. The molecular formula is C109H156N10O15S2. The van der Waals surface area contributed by atoms with E-state index in [-0.39, 0.29) is 74.5 Å². The van der Waals surface area contributed by atoms with Crippen LogP contribution in [0.25, 0.3) is 0 Å². The zero-order valence-electron chi connectivity index (χ0n) is 83.3.